The number of unbranched alkanes of at least 4 members (excludes halogenated alkanes) is 4. The zero-order valence-electron chi connectivity index (χ0n) is 15.8. The Morgan fingerprint density at radius 2 is 1.26 bits per heavy atom. The van der Waals surface area contributed by atoms with Crippen molar-refractivity contribution in [1.82, 2.24) is 0 Å². The van der Waals surface area contributed by atoms with E-state index in [0.29, 0.717) is 12.8 Å². The van der Waals surface area contributed by atoms with Gasteiger partial charge in [-0.25, -0.2) is 9.47 Å². The van der Waals surface area contributed by atoms with Gasteiger partial charge < -0.3 is 9.84 Å². The Morgan fingerprint density at radius 3 is 1.77 bits per heavy atom. The molecule has 0 amide bonds. The fourth-order valence-electron chi connectivity index (χ4n) is 1.97. The molecule has 31 heavy (non-hydrogen) atoms. The van der Waals surface area contributed by atoms with E-state index in [1.165, 1.54) is 0 Å². The molecular formula is C16H21F11O4. The van der Waals surface area contributed by atoms with E-state index in [-0.39, 0.29) is 6.42 Å². The van der Waals surface area contributed by atoms with Crippen LogP contribution in [-0.2, 0) is 14.2 Å². The van der Waals surface area contributed by atoms with E-state index < -0.39 is 49.9 Å². The predicted octanol–water partition coefficient (Wildman–Crippen LogP) is 5.86. The van der Waals surface area contributed by atoms with Crippen LogP contribution in [-0.4, -0.2) is 55.0 Å². The first-order valence-corrected chi connectivity index (χ1v) is 8.72. The molecule has 0 aromatic rings. The van der Waals surface area contributed by atoms with Gasteiger partial charge in [0.15, 0.2) is 0 Å². The SMILES string of the molecule is C=CCCCCCC[C@@H](O)COCC(F)(F)OC(F)(F)C(F)(F)OC(F)(F)C(F)(F)F. The molecule has 1 N–H and O–H groups in total. The maximum Gasteiger partial charge on any atom is 0.483 e. The number of hydrogen-bond donors (Lipinski definition) is 1. The molecule has 0 spiro atoms. The van der Waals surface area contributed by atoms with Crippen molar-refractivity contribution in [2.45, 2.75) is 75.2 Å². The second kappa shape index (κ2) is 11.6. The predicted molar refractivity (Wildman–Crippen MR) is 82.7 cm³/mol. The van der Waals surface area contributed by atoms with Crippen LogP contribution in [0.3, 0.4) is 0 Å². The molecule has 4 nitrogen and oxygen atoms in total. The molecule has 0 saturated heterocycles. The minimum Gasteiger partial charge on any atom is -0.391 e. The summed E-state index contributed by atoms with van der Waals surface area (Å²) in [6.07, 6.45) is -28.2. The first-order chi connectivity index (χ1) is 13.9. The molecule has 0 unspecified atom stereocenters. The number of hydrogen-bond acceptors (Lipinski definition) is 4. The summed E-state index contributed by atoms with van der Waals surface area (Å²) < 4.78 is 147. The molecule has 0 aliphatic rings. The van der Waals surface area contributed by atoms with Gasteiger partial charge in [0, 0.05) is 0 Å². The normalized spacial score (nSPS) is 15.2. The molecule has 15 heteroatoms. The molecular weight excluding hydrogens is 465 g/mol. The van der Waals surface area contributed by atoms with Crippen LogP contribution in [0.1, 0.15) is 38.5 Å². The maximum absolute atomic E-state index is 13.3. The highest BCUT2D eigenvalue weighted by molar-refractivity contribution is 4.75. The Kier molecular flexibility index (Phi) is 11.2. The highest BCUT2D eigenvalue weighted by Gasteiger charge is 2.72. The molecule has 0 bridgehead atoms. The standard InChI is InChI=1S/C16H21F11O4/c1-2-3-4-5-6-7-8-11(28)9-29-10-12(17,18)30-15(24,25)16(26,27)31-14(22,23)13(19,20)21/h2,11,28H,1,3-10H2/t11-/m1/s1. The Labute approximate surface area is 169 Å². The van der Waals surface area contributed by atoms with Crippen LogP contribution in [0.4, 0.5) is 48.3 Å². The number of aliphatic hydroxyl groups excluding tert-OH is 1. The first kappa shape index (κ1) is 29.8. The minimum atomic E-state index is -6.83. The summed E-state index contributed by atoms with van der Waals surface area (Å²) in [6.45, 7) is 0.548. The maximum atomic E-state index is 13.3. The molecule has 0 rings (SSSR count). The van der Waals surface area contributed by atoms with Gasteiger partial charge in [0.25, 0.3) is 0 Å². The number of ether oxygens (including phenoxy) is 3. The third-order valence-electron chi connectivity index (χ3n) is 3.48. The first-order valence-electron chi connectivity index (χ1n) is 8.72. The number of aliphatic hydroxyl groups is 1. The zero-order chi connectivity index (χ0) is 24.6. The van der Waals surface area contributed by atoms with Gasteiger partial charge in [-0.1, -0.05) is 25.3 Å². The van der Waals surface area contributed by atoms with Gasteiger partial charge in [-0.3, -0.25) is 0 Å². The molecule has 0 saturated carbocycles. The van der Waals surface area contributed by atoms with Crippen LogP contribution < -0.4 is 0 Å². The van der Waals surface area contributed by atoms with Crippen LogP contribution in [0, 0.1) is 0 Å². The van der Waals surface area contributed by atoms with E-state index in [4.69, 9.17) is 0 Å². The molecule has 0 fully saturated rings. The average Bonchev–Trinajstić information content (AvgIpc) is 2.54. The van der Waals surface area contributed by atoms with Gasteiger partial charge in [-0.2, -0.15) is 48.3 Å². The van der Waals surface area contributed by atoms with Crippen LogP contribution in [0.2, 0.25) is 0 Å². The molecule has 0 aromatic carbocycles. The van der Waals surface area contributed by atoms with Gasteiger partial charge in [0.2, 0.25) is 0 Å². The average molecular weight is 486 g/mol. The lowest BCUT2D eigenvalue weighted by Gasteiger charge is -2.31. The molecule has 0 aliphatic heterocycles. The van der Waals surface area contributed by atoms with E-state index >= 15 is 0 Å². The fraction of sp³-hybridized carbons (Fsp3) is 0.875. The molecule has 0 heterocycles. The summed E-state index contributed by atoms with van der Waals surface area (Å²) in [7, 11) is 0. The Balaban J connectivity index is 4.60. The lowest BCUT2D eigenvalue weighted by Crippen LogP contribution is -2.55. The minimum absolute atomic E-state index is 0.0785. The van der Waals surface area contributed by atoms with Crippen molar-refractivity contribution in [3.05, 3.63) is 12.7 Å². The highest BCUT2D eigenvalue weighted by Crippen LogP contribution is 2.47. The lowest BCUT2D eigenvalue weighted by atomic mass is 10.1. The van der Waals surface area contributed by atoms with E-state index in [1.807, 2.05) is 0 Å². The Hall–Kier alpha value is -1.19. The fourth-order valence-corrected chi connectivity index (χ4v) is 1.97. The summed E-state index contributed by atoms with van der Waals surface area (Å²) in [6, 6.07) is 0. The number of alkyl halides is 11. The quantitative estimate of drug-likeness (QED) is 0.169. The summed E-state index contributed by atoms with van der Waals surface area (Å²) in [5.74, 6) is 0. The number of rotatable bonds is 16. The van der Waals surface area contributed by atoms with Crippen LogP contribution in [0.15, 0.2) is 12.7 Å². The van der Waals surface area contributed by atoms with Crippen LogP contribution in [0.25, 0.3) is 0 Å². The van der Waals surface area contributed by atoms with Crippen LogP contribution >= 0.6 is 0 Å². The van der Waals surface area contributed by atoms with Gasteiger partial charge in [0.1, 0.15) is 6.61 Å². The second-order valence-corrected chi connectivity index (χ2v) is 6.34. The van der Waals surface area contributed by atoms with E-state index in [1.54, 1.807) is 10.8 Å². The molecule has 0 radical (unpaired) electrons. The second-order valence-electron chi connectivity index (χ2n) is 6.34. The monoisotopic (exact) mass is 486 g/mol. The van der Waals surface area contributed by atoms with Gasteiger partial charge >= 0.3 is 30.6 Å². The van der Waals surface area contributed by atoms with Crippen molar-refractivity contribution in [2.24, 2.45) is 0 Å². The molecule has 0 aliphatic carbocycles. The summed E-state index contributed by atoms with van der Waals surface area (Å²) in [5, 5.41) is 9.51. The van der Waals surface area contributed by atoms with E-state index in [2.05, 4.69) is 16.1 Å². The van der Waals surface area contributed by atoms with E-state index in [0.717, 1.165) is 19.3 Å². The van der Waals surface area contributed by atoms with Crippen molar-refractivity contribution in [1.29, 1.82) is 0 Å². The van der Waals surface area contributed by atoms with E-state index in [9.17, 15) is 53.4 Å². The third-order valence-corrected chi connectivity index (χ3v) is 3.48. The summed E-state index contributed by atoms with van der Waals surface area (Å²) in [5.41, 5.74) is 0. The van der Waals surface area contributed by atoms with Gasteiger partial charge in [-0.15, -0.1) is 6.58 Å². The van der Waals surface area contributed by atoms with Crippen LogP contribution in [0.5, 0.6) is 0 Å². The molecule has 1 atom stereocenters. The number of halogens is 11. The molecule has 0 aromatic heterocycles. The van der Waals surface area contributed by atoms with Crippen molar-refractivity contribution in [3.63, 3.8) is 0 Å². The van der Waals surface area contributed by atoms with Crippen molar-refractivity contribution in [3.8, 4) is 0 Å². The Morgan fingerprint density at radius 1 is 0.742 bits per heavy atom. The summed E-state index contributed by atoms with van der Waals surface area (Å²) in [4.78, 5) is 0. The van der Waals surface area contributed by atoms with Gasteiger partial charge in [-0.05, 0) is 19.3 Å². The lowest BCUT2D eigenvalue weighted by molar-refractivity contribution is -0.537. The largest absolute Gasteiger partial charge is 0.483 e. The van der Waals surface area contributed by atoms with Crippen molar-refractivity contribution in [2.75, 3.05) is 13.2 Å². The van der Waals surface area contributed by atoms with Crippen molar-refractivity contribution >= 4 is 0 Å². The Bertz CT molecular complexity index is 538. The van der Waals surface area contributed by atoms with Crippen molar-refractivity contribution < 1.29 is 67.6 Å². The highest BCUT2D eigenvalue weighted by atomic mass is 19.4. The third kappa shape index (κ3) is 10.8. The smallest absolute Gasteiger partial charge is 0.391 e. The molecule has 186 valence electrons. The number of allylic oxidation sites excluding steroid dienone is 1. The summed E-state index contributed by atoms with van der Waals surface area (Å²) >= 11 is 0. The topological polar surface area (TPSA) is 47.9 Å². The zero-order valence-corrected chi connectivity index (χ0v) is 15.8. The van der Waals surface area contributed by atoms with Gasteiger partial charge in [0.05, 0.1) is 12.7 Å².